The Balaban J connectivity index is 1.27. The molecule has 1 aliphatic heterocycles. The third-order valence-electron chi connectivity index (χ3n) is 5.44. The summed E-state index contributed by atoms with van der Waals surface area (Å²) in [6.45, 7) is 3.53. The fourth-order valence-electron chi connectivity index (χ4n) is 3.54. The van der Waals surface area contributed by atoms with Crippen molar-refractivity contribution in [3.63, 3.8) is 0 Å². The molecule has 2 N–H and O–H groups in total. The van der Waals surface area contributed by atoms with Crippen LogP contribution in [0.5, 0.6) is 0 Å². The van der Waals surface area contributed by atoms with Crippen molar-refractivity contribution < 1.29 is 9.59 Å². The SMILES string of the molecule is Cc1ccccc1NC(=O)CSc1ccc(N2CCC[C@H](C(=O)NC3CC3)C2)nn1. The Bertz CT molecular complexity index is 901. The summed E-state index contributed by atoms with van der Waals surface area (Å²) in [6.07, 6.45) is 4.11. The number of hydrogen-bond acceptors (Lipinski definition) is 6. The molecular formula is C22H27N5O2S. The monoisotopic (exact) mass is 425 g/mol. The van der Waals surface area contributed by atoms with Gasteiger partial charge in [-0.1, -0.05) is 30.0 Å². The molecule has 2 heterocycles. The van der Waals surface area contributed by atoms with Crippen LogP contribution in [-0.2, 0) is 9.59 Å². The molecular weight excluding hydrogens is 398 g/mol. The molecule has 1 aromatic heterocycles. The second-order valence-electron chi connectivity index (χ2n) is 7.95. The fourth-order valence-corrected chi connectivity index (χ4v) is 4.16. The third kappa shape index (κ3) is 5.50. The highest BCUT2D eigenvalue weighted by Gasteiger charge is 2.30. The lowest BCUT2D eigenvalue weighted by Gasteiger charge is -2.32. The topological polar surface area (TPSA) is 87.2 Å². The molecule has 2 fully saturated rings. The van der Waals surface area contributed by atoms with Crippen molar-refractivity contribution in [3.8, 4) is 0 Å². The minimum atomic E-state index is -0.0688. The Morgan fingerprint density at radius 3 is 2.70 bits per heavy atom. The predicted molar refractivity (Wildman–Crippen MR) is 119 cm³/mol. The molecule has 0 spiro atoms. The quantitative estimate of drug-likeness (QED) is 0.663. The van der Waals surface area contributed by atoms with Crippen molar-refractivity contribution in [1.82, 2.24) is 15.5 Å². The number of carbonyl (C=O) groups excluding carboxylic acids is 2. The fraction of sp³-hybridized carbons (Fsp3) is 0.455. The lowest BCUT2D eigenvalue weighted by molar-refractivity contribution is -0.125. The summed E-state index contributed by atoms with van der Waals surface area (Å²) in [5, 5.41) is 15.3. The second-order valence-corrected chi connectivity index (χ2v) is 8.95. The molecule has 0 bridgehead atoms. The van der Waals surface area contributed by atoms with Gasteiger partial charge in [-0.2, -0.15) is 0 Å². The summed E-state index contributed by atoms with van der Waals surface area (Å²) in [4.78, 5) is 26.7. The average molecular weight is 426 g/mol. The molecule has 1 saturated heterocycles. The average Bonchev–Trinajstić information content (AvgIpc) is 3.58. The molecule has 7 nitrogen and oxygen atoms in total. The van der Waals surface area contributed by atoms with Gasteiger partial charge in [0.2, 0.25) is 11.8 Å². The zero-order valence-electron chi connectivity index (χ0n) is 17.1. The van der Waals surface area contributed by atoms with Crippen LogP contribution in [0.3, 0.4) is 0 Å². The molecule has 0 radical (unpaired) electrons. The zero-order valence-corrected chi connectivity index (χ0v) is 18.0. The number of hydrogen-bond donors (Lipinski definition) is 2. The minimum Gasteiger partial charge on any atom is -0.354 e. The van der Waals surface area contributed by atoms with Gasteiger partial charge >= 0.3 is 0 Å². The molecule has 2 aliphatic rings. The first-order valence-electron chi connectivity index (χ1n) is 10.5. The van der Waals surface area contributed by atoms with E-state index in [2.05, 4.69) is 25.7 Å². The second kappa shape index (κ2) is 9.47. The standard InChI is InChI=1S/C22H27N5O2S/c1-15-5-2-3-7-18(15)24-20(28)14-30-21-11-10-19(25-26-21)27-12-4-6-16(13-27)22(29)23-17-8-9-17/h2-3,5,7,10-11,16-17H,4,6,8-9,12-14H2,1H3,(H,23,29)(H,24,28)/t16-/m0/s1. The maximum absolute atomic E-state index is 12.4. The minimum absolute atomic E-state index is 0.0142. The van der Waals surface area contributed by atoms with Gasteiger partial charge in [-0.25, -0.2) is 0 Å². The smallest absolute Gasteiger partial charge is 0.234 e. The van der Waals surface area contributed by atoms with E-state index in [4.69, 9.17) is 0 Å². The maximum atomic E-state index is 12.4. The number of nitrogens with zero attached hydrogens (tertiary/aromatic N) is 3. The van der Waals surface area contributed by atoms with E-state index in [1.54, 1.807) is 0 Å². The lowest BCUT2D eigenvalue weighted by atomic mass is 9.97. The third-order valence-corrected chi connectivity index (χ3v) is 6.36. The van der Waals surface area contributed by atoms with Crippen LogP contribution in [0.2, 0.25) is 0 Å². The van der Waals surface area contributed by atoms with Crippen molar-refractivity contribution in [2.75, 3.05) is 29.1 Å². The molecule has 8 heteroatoms. The Hall–Kier alpha value is -2.61. The number of para-hydroxylation sites is 1. The summed E-state index contributed by atoms with van der Waals surface area (Å²) >= 11 is 1.36. The number of anilines is 2. The zero-order chi connectivity index (χ0) is 20.9. The number of piperidine rings is 1. The summed E-state index contributed by atoms with van der Waals surface area (Å²) in [5.41, 5.74) is 1.86. The van der Waals surface area contributed by atoms with Gasteiger partial charge < -0.3 is 15.5 Å². The van der Waals surface area contributed by atoms with Gasteiger partial charge in [0.1, 0.15) is 5.03 Å². The number of nitrogens with one attached hydrogen (secondary N) is 2. The van der Waals surface area contributed by atoms with E-state index in [0.717, 1.165) is 49.3 Å². The number of rotatable bonds is 7. The van der Waals surface area contributed by atoms with Gasteiger partial charge in [0.15, 0.2) is 5.82 Å². The Labute approximate surface area is 181 Å². The van der Waals surface area contributed by atoms with Crippen molar-refractivity contribution in [3.05, 3.63) is 42.0 Å². The predicted octanol–water partition coefficient (Wildman–Crippen LogP) is 3.01. The molecule has 1 saturated carbocycles. The van der Waals surface area contributed by atoms with Crippen LogP contribution in [0.4, 0.5) is 11.5 Å². The largest absolute Gasteiger partial charge is 0.354 e. The molecule has 1 aliphatic carbocycles. The summed E-state index contributed by atoms with van der Waals surface area (Å²) in [7, 11) is 0. The van der Waals surface area contributed by atoms with Crippen LogP contribution < -0.4 is 15.5 Å². The van der Waals surface area contributed by atoms with Crippen molar-refractivity contribution in [1.29, 1.82) is 0 Å². The van der Waals surface area contributed by atoms with Gasteiger partial charge in [0.05, 0.1) is 11.7 Å². The number of carbonyl (C=O) groups is 2. The molecule has 158 valence electrons. The maximum Gasteiger partial charge on any atom is 0.234 e. The molecule has 1 aromatic carbocycles. The van der Waals surface area contributed by atoms with E-state index in [0.29, 0.717) is 17.6 Å². The van der Waals surface area contributed by atoms with Crippen LogP contribution in [0.25, 0.3) is 0 Å². The summed E-state index contributed by atoms with van der Waals surface area (Å²) in [6, 6.07) is 11.9. The van der Waals surface area contributed by atoms with Gasteiger partial charge in [0.25, 0.3) is 0 Å². The van der Waals surface area contributed by atoms with E-state index in [-0.39, 0.29) is 23.5 Å². The lowest BCUT2D eigenvalue weighted by Crippen LogP contribution is -2.44. The van der Waals surface area contributed by atoms with E-state index in [9.17, 15) is 9.59 Å². The van der Waals surface area contributed by atoms with E-state index in [1.165, 1.54) is 11.8 Å². The summed E-state index contributed by atoms with van der Waals surface area (Å²) in [5.74, 6) is 1.17. The molecule has 30 heavy (non-hydrogen) atoms. The van der Waals surface area contributed by atoms with Gasteiger partial charge in [-0.05, 0) is 56.4 Å². The van der Waals surface area contributed by atoms with Crippen molar-refractivity contribution >= 4 is 35.1 Å². The highest BCUT2D eigenvalue weighted by molar-refractivity contribution is 7.99. The van der Waals surface area contributed by atoms with Crippen LogP contribution in [-0.4, -0.2) is 46.9 Å². The Morgan fingerprint density at radius 2 is 1.97 bits per heavy atom. The number of aryl methyl sites for hydroxylation is 1. The molecule has 0 unspecified atom stereocenters. The first kappa shape index (κ1) is 20.7. The number of aromatic nitrogens is 2. The van der Waals surface area contributed by atoms with Gasteiger partial charge in [0, 0.05) is 24.8 Å². The molecule has 1 atom stereocenters. The Kier molecular flexibility index (Phi) is 6.52. The first-order chi connectivity index (χ1) is 14.6. The van der Waals surface area contributed by atoms with E-state index >= 15 is 0 Å². The Morgan fingerprint density at radius 1 is 1.13 bits per heavy atom. The number of thioether (sulfide) groups is 1. The molecule has 2 amide bonds. The van der Waals surface area contributed by atoms with Crippen LogP contribution >= 0.6 is 11.8 Å². The van der Waals surface area contributed by atoms with E-state index in [1.807, 2.05) is 43.3 Å². The highest BCUT2D eigenvalue weighted by atomic mass is 32.2. The van der Waals surface area contributed by atoms with E-state index < -0.39 is 0 Å². The molecule has 2 aromatic rings. The number of amides is 2. The van der Waals surface area contributed by atoms with Crippen molar-refractivity contribution in [2.45, 2.75) is 43.7 Å². The normalized spacial score (nSPS) is 18.7. The number of benzene rings is 1. The van der Waals surface area contributed by atoms with Crippen molar-refractivity contribution in [2.24, 2.45) is 5.92 Å². The van der Waals surface area contributed by atoms with Gasteiger partial charge in [-0.3, -0.25) is 9.59 Å². The van der Waals surface area contributed by atoms with Crippen LogP contribution in [0, 0.1) is 12.8 Å². The molecule has 4 rings (SSSR count). The first-order valence-corrected chi connectivity index (χ1v) is 11.4. The van der Waals surface area contributed by atoms with Crippen LogP contribution in [0.15, 0.2) is 41.4 Å². The van der Waals surface area contributed by atoms with Crippen LogP contribution in [0.1, 0.15) is 31.2 Å². The van der Waals surface area contributed by atoms with Gasteiger partial charge in [-0.15, -0.1) is 10.2 Å². The highest BCUT2D eigenvalue weighted by Crippen LogP contribution is 2.25. The summed E-state index contributed by atoms with van der Waals surface area (Å²) < 4.78 is 0.